The molecule has 1 rings (SSSR count). The summed E-state index contributed by atoms with van der Waals surface area (Å²) in [6.45, 7) is 6.16. The molecule has 0 bridgehead atoms. The lowest BCUT2D eigenvalue weighted by Gasteiger charge is -2.29. The maximum atomic E-state index is 12.1. The van der Waals surface area contributed by atoms with E-state index < -0.39 is 0 Å². The van der Waals surface area contributed by atoms with E-state index >= 15 is 0 Å². The number of aliphatic hydroxyl groups excluding tert-OH is 1. The molecule has 0 unspecified atom stereocenters. The fourth-order valence-electron chi connectivity index (χ4n) is 2.90. The summed E-state index contributed by atoms with van der Waals surface area (Å²) in [7, 11) is 0. The van der Waals surface area contributed by atoms with Gasteiger partial charge in [-0.15, -0.1) is 0 Å². The van der Waals surface area contributed by atoms with Gasteiger partial charge in [0.1, 0.15) is 0 Å². The highest BCUT2D eigenvalue weighted by Gasteiger charge is 2.36. The van der Waals surface area contributed by atoms with Gasteiger partial charge < -0.3 is 5.11 Å². The van der Waals surface area contributed by atoms with Crippen LogP contribution >= 0.6 is 0 Å². The van der Waals surface area contributed by atoms with E-state index in [0.717, 1.165) is 44.1 Å². The summed E-state index contributed by atoms with van der Waals surface area (Å²) in [4.78, 5) is 24.3. The van der Waals surface area contributed by atoms with Crippen LogP contribution in [0.5, 0.6) is 0 Å². The summed E-state index contributed by atoms with van der Waals surface area (Å²) in [5.74, 6) is 0.0630. The molecular weight excluding hydrogens is 252 g/mol. The first-order chi connectivity index (χ1) is 9.37. The molecule has 1 aliphatic rings. The van der Waals surface area contributed by atoms with Crippen molar-refractivity contribution in [3.8, 4) is 0 Å². The SMILES string of the molecule is CC(CCCCCCCO)=C1C(=O)CC(C)(C)CC1=O. The molecule has 3 nitrogen and oxygen atoms in total. The third-order valence-corrected chi connectivity index (χ3v) is 3.97. The van der Waals surface area contributed by atoms with Crippen molar-refractivity contribution in [3.63, 3.8) is 0 Å². The van der Waals surface area contributed by atoms with E-state index in [-0.39, 0.29) is 23.6 Å². The minimum absolute atomic E-state index is 0.0315. The molecular formula is C17H28O3. The number of hydrogen-bond acceptors (Lipinski definition) is 3. The highest BCUT2D eigenvalue weighted by atomic mass is 16.2. The number of aliphatic hydroxyl groups is 1. The Labute approximate surface area is 122 Å². The van der Waals surface area contributed by atoms with Crippen molar-refractivity contribution in [1.82, 2.24) is 0 Å². The average Bonchev–Trinajstić information content (AvgIpc) is 2.31. The van der Waals surface area contributed by atoms with E-state index in [0.29, 0.717) is 18.4 Å². The Bertz CT molecular complexity index is 369. The molecule has 0 saturated heterocycles. The topological polar surface area (TPSA) is 54.4 Å². The Morgan fingerprint density at radius 3 is 2.05 bits per heavy atom. The molecule has 0 aromatic carbocycles. The molecule has 1 fully saturated rings. The highest BCUT2D eigenvalue weighted by Crippen LogP contribution is 2.35. The van der Waals surface area contributed by atoms with Crippen molar-refractivity contribution < 1.29 is 14.7 Å². The van der Waals surface area contributed by atoms with Gasteiger partial charge in [-0.2, -0.15) is 0 Å². The first-order valence-electron chi connectivity index (χ1n) is 7.74. The van der Waals surface area contributed by atoms with Crippen molar-refractivity contribution in [2.24, 2.45) is 5.41 Å². The lowest BCUT2D eigenvalue weighted by atomic mass is 9.73. The van der Waals surface area contributed by atoms with E-state index in [4.69, 9.17) is 5.11 Å². The monoisotopic (exact) mass is 280 g/mol. The molecule has 0 radical (unpaired) electrons. The van der Waals surface area contributed by atoms with Crippen molar-refractivity contribution in [2.45, 2.75) is 72.1 Å². The molecule has 1 N–H and O–H groups in total. The maximum absolute atomic E-state index is 12.1. The lowest BCUT2D eigenvalue weighted by molar-refractivity contribution is -0.127. The molecule has 0 atom stereocenters. The molecule has 1 saturated carbocycles. The molecule has 1 aliphatic carbocycles. The number of rotatable bonds is 7. The second-order valence-electron chi connectivity index (χ2n) is 6.76. The number of Topliss-reactive ketones (excluding diaryl/α,β-unsaturated/α-hetero) is 2. The summed E-state index contributed by atoms with van der Waals surface area (Å²) < 4.78 is 0. The second-order valence-corrected chi connectivity index (χ2v) is 6.76. The molecule has 0 aliphatic heterocycles. The summed E-state index contributed by atoms with van der Waals surface area (Å²) in [5.41, 5.74) is 1.28. The Morgan fingerprint density at radius 2 is 1.50 bits per heavy atom. The van der Waals surface area contributed by atoms with Crippen LogP contribution in [0, 0.1) is 5.41 Å². The van der Waals surface area contributed by atoms with E-state index in [9.17, 15) is 9.59 Å². The number of carbonyl (C=O) groups is 2. The quantitative estimate of drug-likeness (QED) is 0.440. The molecule has 3 heteroatoms. The molecule has 20 heavy (non-hydrogen) atoms. The third kappa shape index (κ3) is 5.20. The van der Waals surface area contributed by atoms with Gasteiger partial charge in [0.2, 0.25) is 0 Å². The van der Waals surface area contributed by atoms with Crippen LogP contribution in [0.3, 0.4) is 0 Å². The molecule has 0 amide bonds. The Hall–Kier alpha value is -0.960. The van der Waals surface area contributed by atoms with Gasteiger partial charge in [-0.05, 0) is 31.6 Å². The van der Waals surface area contributed by atoms with Gasteiger partial charge in [0.25, 0.3) is 0 Å². The first kappa shape index (κ1) is 17.1. The summed E-state index contributed by atoms with van der Waals surface area (Å²) >= 11 is 0. The first-order valence-corrected chi connectivity index (χ1v) is 7.74. The Kier molecular flexibility index (Phi) is 6.60. The predicted octanol–water partition coefficient (Wildman–Crippen LogP) is 3.59. The van der Waals surface area contributed by atoms with Crippen LogP contribution < -0.4 is 0 Å². The molecule has 0 spiro atoms. The number of ketones is 2. The predicted molar refractivity (Wildman–Crippen MR) is 80.5 cm³/mol. The lowest BCUT2D eigenvalue weighted by Crippen LogP contribution is -2.32. The van der Waals surface area contributed by atoms with Gasteiger partial charge in [-0.3, -0.25) is 9.59 Å². The molecule has 0 aromatic heterocycles. The minimum atomic E-state index is -0.178. The smallest absolute Gasteiger partial charge is 0.166 e. The zero-order valence-electron chi connectivity index (χ0n) is 13.1. The minimum Gasteiger partial charge on any atom is -0.396 e. The van der Waals surface area contributed by atoms with Gasteiger partial charge in [0.15, 0.2) is 11.6 Å². The fraction of sp³-hybridized carbons (Fsp3) is 0.765. The standard InChI is InChI=1S/C17H28O3/c1-13(9-7-5-4-6-8-10-18)16-14(19)11-17(2,3)12-15(16)20/h18H,4-12H2,1-3H3. The second kappa shape index (κ2) is 7.72. The van der Waals surface area contributed by atoms with Crippen LogP contribution in [0.1, 0.15) is 72.1 Å². The van der Waals surface area contributed by atoms with Crippen molar-refractivity contribution >= 4 is 11.6 Å². The zero-order valence-corrected chi connectivity index (χ0v) is 13.1. The number of carbonyl (C=O) groups excluding carboxylic acids is 2. The van der Waals surface area contributed by atoms with Crippen LogP contribution in [0.2, 0.25) is 0 Å². The van der Waals surface area contributed by atoms with Gasteiger partial charge in [-0.1, -0.05) is 38.7 Å². The van der Waals surface area contributed by atoms with Crippen LogP contribution in [-0.2, 0) is 9.59 Å². The van der Waals surface area contributed by atoms with Crippen LogP contribution in [0.15, 0.2) is 11.1 Å². The van der Waals surface area contributed by atoms with Crippen molar-refractivity contribution in [2.75, 3.05) is 6.61 Å². The summed E-state index contributed by atoms with van der Waals surface area (Å²) in [6.07, 6.45) is 6.96. The van der Waals surface area contributed by atoms with Gasteiger partial charge in [-0.25, -0.2) is 0 Å². The van der Waals surface area contributed by atoms with Crippen LogP contribution in [0.25, 0.3) is 0 Å². The molecule has 0 aromatic rings. The number of hydrogen-bond donors (Lipinski definition) is 1. The number of allylic oxidation sites excluding steroid dienone is 2. The van der Waals surface area contributed by atoms with Gasteiger partial charge in [0.05, 0.1) is 5.57 Å². The van der Waals surface area contributed by atoms with Crippen LogP contribution in [0.4, 0.5) is 0 Å². The Morgan fingerprint density at radius 1 is 1.00 bits per heavy atom. The van der Waals surface area contributed by atoms with E-state index in [1.54, 1.807) is 0 Å². The highest BCUT2D eigenvalue weighted by molar-refractivity contribution is 6.22. The van der Waals surface area contributed by atoms with E-state index in [2.05, 4.69) is 0 Å². The third-order valence-electron chi connectivity index (χ3n) is 3.97. The maximum Gasteiger partial charge on any atom is 0.166 e. The number of unbranched alkanes of at least 4 members (excludes halogenated alkanes) is 4. The van der Waals surface area contributed by atoms with Crippen molar-refractivity contribution in [1.29, 1.82) is 0 Å². The van der Waals surface area contributed by atoms with Gasteiger partial charge in [0, 0.05) is 19.4 Å². The normalized spacial score (nSPS) is 18.5. The summed E-state index contributed by atoms with van der Waals surface area (Å²) in [5, 5.41) is 8.70. The zero-order chi connectivity index (χ0) is 15.2. The van der Waals surface area contributed by atoms with Crippen LogP contribution in [-0.4, -0.2) is 23.3 Å². The van der Waals surface area contributed by atoms with E-state index in [1.165, 1.54) is 0 Å². The van der Waals surface area contributed by atoms with E-state index in [1.807, 2.05) is 20.8 Å². The van der Waals surface area contributed by atoms with Gasteiger partial charge >= 0.3 is 0 Å². The fourth-order valence-corrected chi connectivity index (χ4v) is 2.90. The Balaban J connectivity index is 2.49. The largest absolute Gasteiger partial charge is 0.396 e. The molecule has 114 valence electrons. The summed E-state index contributed by atoms with van der Waals surface area (Å²) in [6, 6.07) is 0. The van der Waals surface area contributed by atoms with Crippen molar-refractivity contribution in [3.05, 3.63) is 11.1 Å². The average molecular weight is 280 g/mol. The molecule has 0 heterocycles.